The van der Waals surface area contributed by atoms with Gasteiger partial charge in [0.25, 0.3) is 11.6 Å². The maximum Gasteiger partial charge on any atom is 0.288 e. The van der Waals surface area contributed by atoms with Crippen molar-refractivity contribution < 1.29 is 18.5 Å². The van der Waals surface area contributed by atoms with Crippen molar-refractivity contribution in [1.82, 2.24) is 4.98 Å². The van der Waals surface area contributed by atoms with Gasteiger partial charge in [-0.25, -0.2) is 9.37 Å². The van der Waals surface area contributed by atoms with Gasteiger partial charge in [-0.05, 0) is 48.5 Å². The van der Waals surface area contributed by atoms with E-state index in [0.29, 0.717) is 22.4 Å². The van der Waals surface area contributed by atoms with Crippen molar-refractivity contribution in [2.75, 3.05) is 5.32 Å². The van der Waals surface area contributed by atoms with Crippen molar-refractivity contribution in [2.45, 2.75) is 0 Å². The molecule has 0 aliphatic heterocycles. The number of hydrogen-bond acceptors (Lipinski definition) is 5. The van der Waals surface area contributed by atoms with Crippen LogP contribution in [-0.4, -0.2) is 15.8 Å². The molecule has 0 fully saturated rings. The standard InChI is InChI=1S/C20H10Cl2FN3O4/c21-14-5-1-10(7-17(14)26(28)29)19(27)24-12-3-6-18-16(9-12)25-20(30-18)13-4-2-11(23)8-15(13)22/h1-9H,(H,24,27). The summed E-state index contributed by atoms with van der Waals surface area (Å²) in [5.41, 5.74) is 1.40. The van der Waals surface area contributed by atoms with Gasteiger partial charge in [0.15, 0.2) is 5.58 Å². The Bertz CT molecular complexity index is 1320. The fraction of sp³-hybridized carbons (Fsp3) is 0. The molecule has 7 nitrogen and oxygen atoms in total. The summed E-state index contributed by atoms with van der Waals surface area (Å²) in [6.07, 6.45) is 0. The van der Waals surface area contributed by atoms with Gasteiger partial charge in [-0.3, -0.25) is 14.9 Å². The SMILES string of the molecule is O=C(Nc1ccc2oc(-c3ccc(F)cc3Cl)nc2c1)c1ccc(Cl)c([N+](=O)[O-])c1. The van der Waals surface area contributed by atoms with Gasteiger partial charge in [0, 0.05) is 17.3 Å². The van der Waals surface area contributed by atoms with E-state index in [1.54, 1.807) is 18.2 Å². The van der Waals surface area contributed by atoms with Crippen LogP contribution < -0.4 is 5.32 Å². The Morgan fingerprint density at radius 3 is 2.60 bits per heavy atom. The van der Waals surface area contributed by atoms with Crippen LogP contribution in [0, 0.1) is 15.9 Å². The third-order valence-corrected chi connectivity index (χ3v) is 4.84. The van der Waals surface area contributed by atoms with Crippen LogP contribution in [0.3, 0.4) is 0 Å². The first-order valence-electron chi connectivity index (χ1n) is 8.43. The molecule has 10 heteroatoms. The van der Waals surface area contributed by atoms with Gasteiger partial charge < -0.3 is 9.73 Å². The molecule has 4 aromatic rings. The Labute approximate surface area is 178 Å². The van der Waals surface area contributed by atoms with Gasteiger partial charge >= 0.3 is 0 Å². The molecular formula is C20H10Cl2FN3O4. The van der Waals surface area contributed by atoms with Gasteiger partial charge in [-0.1, -0.05) is 23.2 Å². The van der Waals surface area contributed by atoms with E-state index in [9.17, 15) is 19.3 Å². The summed E-state index contributed by atoms with van der Waals surface area (Å²) in [6.45, 7) is 0. The number of fused-ring (bicyclic) bond motifs is 1. The highest BCUT2D eigenvalue weighted by Crippen LogP contribution is 2.31. The van der Waals surface area contributed by atoms with Crippen LogP contribution in [0.25, 0.3) is 22.6 Å². The lowest BCUT2D eigenvalue weighted by Gasteiger charge is -2.05. The van der Waals surface area contributed by atoms with Crippen molar-refractivity contribution in [3.05, 3.63) is 86.1 Å². The number of anilines is 1. The van der Waals surface area contributed by atoms with E-state index in [2.05, 4.69) is 10.3 Å². The van der Waals surface area contributed by atoms with Crippen LogP contribution in [0.15, 0.2) is 59.0 Å². The van der Waals surface area contributed by atoms with E-state index in [0.717, 1.165) is 12.1 Å². The minimum atomic E-state index is -0.664. The number of oxazole rings is 1. The van der Waals surface area contributed by atoms with Gasteiger partial charge in [0.1, 0.15) is 16.4 Å². The third kappa shape index (κ3) is 3.83. The molecule has 0 saturated heterocycles. The fourth-order valence-corrected chi connectivity index (χ4v) is 3.22. The number of nitro benzene ring substituents is 1. The molecule has 0 saturated carbocycles. The Kier molecular flexibility index (Phi) is 5.11. The maximum atomic E-state index is 13.3. The summed E-state index contributed by atoms with van der Waals surface area (Å²) in [5.74, 6) is -0.835. The zero-order chi connectivity index (χ0) is 21.4. The number of aromatic nitrogens is 1. The highest BCUT2D eigenvalue weighted by Gasteiger charge is 2.17. The smallest absolute Gasteiger partial charge is 0.288 e. The molecule has 0 unspecified atom stereocenters. The molecule has 1 N–H and O–H groups in total. The molecule has 1 aromatic heterocycles. The molecule has 0 spiro atoms. The zero-order valence-corrected chi connectivity index (χ0v) is 16.4. The molecule has 30 heavy (non-hydrogen) atoms. The molecular weight excluding hydrogens is 436 g/mol. The van der Waals surface area contributed by atoms with Crippen molar-refractivity contribution in [3.63, 3.8) is 0 Å². The molecule has 0 aliphatic carbocycles. The summed E-state index contributed by atoms with van der Waals surface area (Å²) in [5, 5.41) is 13.7. The second-order valence-corrected chi connectivity index (χ2v) is 7.02. The number of nitrogens with zero attached hydrogens (tertiary/aromatic N) is 2. The molecule has 3 aromatic carbocycles. The van der Waals surface area contributed by atoms with Crippen LogP contribution in [0.5, 0.6) is 0 Å². The van der Waals surface area contributed by atoms with Crippen molar-refractivity contribution in [2.24, 2.45) is 0 Å². The van der Waals surface area contributed by atoms with E-state index >= 15 is 0 Å². The topological polar surface area (TPSA) is 98.3 Å². The van der Waals surface area contributed by atoms with Gasteiger partial charge in [-0.2, -0.15) is 0 Å². The summed E-state index contributed by atoms with van der Waals surface area (Å²) >= 11 is 11.8. The number of benzene rings is 3. The lowest BCUT2D eigenvalue weighted by atomic mass is 10.2. The van der Waals surface area contributed by atoms with Crippen LogP contribution >= 0.6 is 23.2 Å². The third-order valence-electron chi connectivity index (χ3n) is 4.21. The Morgan fingerprint density at radius 2 is 1.87 bits per heavy atom. The number of halogens is 3. The highest BCUT2D eigenvalue weighted by molar-refractivity contribution is 6.33. The molecule has 0 radical (unpaired) electrons. The van der Waals surface area contributed by atoms with E-state index in [1.807, 2.05) is 0 Å². The molecule has 0 bridgehead atoms. The summed E-state index contributed by atoms with van der Waals surface area (Å²) in [7, 11) is 0. The van der Waals surface area contributed by atoms with E-state index in [-0.39, 0.29) is 27.2 Å². The van der Waals surface area contributed by atoms with Gasteiger partial charge in [0.2, 0.25) is 5.89 Å². The molecule has 1 amide bonds. The number of rotatable bonds is 4. The summed E-state index contributed by atoms with van der Waals surface area (Å²) in [6, 6.07) is 12.4. The second-order valence-electron chi connectivity index (χ2n) is 6.20. The predicted octanol–water partition coefficient (Wildman–Crippen LogP) is 6.10. The first kappa shape index (κ1) is 19.8. The van der Waals surface area contributed by atoms with Crippen LogP contribution in [0.4, 0.5) is 15.8 Å². The van der Waals surface area contributed by atoms with Gasteiger partial charge in [0.05, 0.1) is 15.5 Å². The normalized spacial score (nSPS) is 10.9. The van der Waals surface area contributed by atoms with Crippen LogP contribution in [-0.2, 0) is 0 Å². The zero-order valence-electron chi connectivity index (χ0n) is 14.9. The van der Waals surface area contributed by atoms with Crippen molar-refractivity contribution in [3.8, 4) is 11.5 Å². The number of nitrogens with one attached hydrogen (secondary N) is 1. The average Bonchev–Trinajstić information content (AvgIpc) is 3.11. The lowest BCUT2D eigenvalue weighted by molar-refractivity contribution is -0.384. The Morgan fingerprint density at radius 1 is 1.07 bits per heavy atom. The lowest BCUT2D eigenvalue weighted by Crippen LogP contribution is -2.12. The second kappa shape index (κ2) is 7.74. The molecule has 4 rings (SSSR count). The number of carbonyl (C=O) groups excluding carboxylic acids is 1. The quantitative estimate of drug-likeness (QED) is 0.302. The molecule has 150 valence electrons. The molecule has 0 atom stereocenters. The van der Waals surface area contributed by atoms with E-state index in [1.165, 1.54) is 24.3 Å². The van der Waals surface area contributed by atoms with Crippen LogP contribution in [0.2, 0.25) is 10.0 Å². The van der Waals surface area contributed by atoms with Crippen molar-refractivity contribution in [1.29, 1.82) is 0 Å². The number of amides is 1. The average molecular weight is 446 g/mol. The Hall–Kier alpha value is -3.49. The summed E-state index contributed by atoms with van der Waals surface area (Å²) in [4.78, 5) is 27.1. The predicted molar refractivity (Wildman–Crippen MR) is 110 cm³/mol. The maximum absolute atomic E-state index is 13.3. The van der Waals surface area contributed by atoms with Crippen molar-refractivity contribution >= 4 is 51.6 Å². The summed E-state index contributed by atoms with van der Waals surface area (Å²) < 4.78 is 18.9. The Balaban J connectivity index is 1.62. The largest absolute Gasteiger partial charge is 0.436 e. The number of carbonyl (C=O) groups is 1. The minimum Gasteiger partial charge on any atom is -0.436 e. The monoisotopic (exact) mass is 445 g/mol. The number of nitro groups is 1. The molecule has 1 heterocycles. The molecule has 0 aliphatic rings. The number of hydrogen-bond donors (Lipinski definition) is 1. The first-order chi connectivity index (χ1) is 14.3. The highest BCUT2D eigenvalue weighted by atomic mass is 35.5. The fourth-order valence-electron chi connectivity index (χ4n) is 2.78. The van der Waals surface area contributed by atoms with E-state index < -0.39 is 16.6 Å². The van der Waals surface area contributed by atoms with Crippen LogP contribution in [0.1, 0.15) is 10.4 Å². The van der Waals surface area contributed by atoms with Gasteiger partial charge in [-0.15, -0.1) is 0 Å². The minimum absolute atomic E-state index is 0.0625. The first-order valence-corrected chi connectivity index (χ1v) is 9.19. The van der Waals surface area contributed by atoms with E-state index in [4.69, 9.17) is 27.6 Å².